The van der Waals surface area contributed by atoms with E-state index in [0.717, 1.165) is 16.7 Å². The molecule has 0 saturated carbocycles. The molecule has 3 N–H and O–H groups in total. The number of benzene rings is 2. The molecule has 0 spiro atoms. The summed E-state index contributed by atoms with van der Waals surface area (Å²) in [7, 11) is 0. The van der Waals surface area contributed by atoms with E-state index in [9.17, 15) is 9.90 Å². The third-order valence-electron chi connectivity index (χ3n) is 4.77. The molecular weight excluding hydrogens is 394 g/mol. The SMILES string of the molecule is CC(=NCCO)Nc1c(C(=O)O)oc2nc(-c3ccccc3)cc(-c3ccccc3)c12. The number of fused-ring (bicyclic) bond motifs is 1. The number of carboxylic acids is 1. The lowest BCUT2D eigenvalue weighted by Crippen LogP contribution is -2.11. The summed E-state index contributed by atoms with van der Waals surface area (Å²) < 4.78 is 5.71. The topological polar surface area (TPSA) is 108 Å². The fourth-order valence-electron chi connectivity index (χ4n) is 3.41. The summed E-state index contributed by atoms with van der Waals surface area (Å²) in [6.07, 6.45) is 0. The summed E-state index contributed by atoms with van der Waals surface area (Å²) in [5, 5.41) is 22.4. The Morgan fingerprint density at radius 1 is 1.06 bits per heavy atom. The molecule has 7 heteroatoms. The van der Waals surface area contributed by atoms with Gasteiger partial charge in [-0.15, -0.1) is 0 Å². The molecule has 0 saturated heterocycles. The molecule has 0 bridgehead atoms. The van der Waals surface area contributed by atoms with Crippen LogP contribution in [-0.4, -0.2) is 40.2 Å². The minimum atomic E-state index is -1.21. The van der Waals surface area contributed by atoms with Gasteiger partial charge >= 0.3 is 5.97 Å². The highest BCUT2D eigenvalue weighted by atomic mass is 16.4. The van der Waals surface area contributed by atoms with Gasteiger partial charge in [0.05, 0.1) is 30.1 Å². The van der Waals surface area contributed by atoms with Gasteiger partial charge < -0.3 is 19.9 Å². The number of furan rings is 1. The molecule has 0 fully saturated rings. The molecule has 2 aromatic carbocycles. The first-order chi connectivity index (χ1) is 15.1. The van der Waals surface area contributed by atoms with Crippen LogP contribution >= 0.6 is 0 Å². The van der Waals surface area contributed by atoms with E-state index in [0.29, 0.717) is 16.9 Å². The van der Waals surface area contributed by atoms with Crippen LogP contribution in [0.3, 0.4) is 0 Å². The van der Waals surface area contributed by atoms with Crippen molar-refractivity contribution in [1.29, 1.82) is 0 Å². The number of nitrogens with one attached hydrogen (secondary N) is 1. The molecule has 0 aliphatic rings. The van der Waals surface area contributed by atoms with E-state index in [1.54, 1.807) is 6.92 Å². The van der Waals surface area contributed by atoms with Crippen LogP contribution in [0.2, 0.25) is 0 Å². The second kappa shape index (κ2) is 8.81. The highest BCUT2D eigenvalue weighted by Gasteiger charge is 2.25. The van der Waals surface area contributed by atoms with Crippen LogP contribution in [0.25, 0.3) is 33.5 Å². The van der Waals surface area contributed by atoms with E-state index >= 15 is 0 Å². The molecule has 0 aliphatic carbocycles. The lowest BCUT2D eigenvalue weighted by molar-refractivity contribution is 0.0666. The number of carbonyl (C=O) groups is 1. The zero-order chi connectivity index (χ0) is 21.8. The minimum absolute atomic E-state index is 0.103. The van der Waals surface area contributed by atoms with Crippen molar-refractivity contribution in [2.24, 2.45) is 4.99 Å². The Labute approximate surface area is 178 Å². The second-order valence-electron chi connectivity index (χ2n) is 6.89. The predicted molar refractivity (Wildman–Crippen MR) is 121 cm³/mol. The zero-order valence-corrected chi connectivity index (χ0v) is 16.9. The van der Waals surface area contributed by atoms with Gasteiger partial charge in [0.1, 0.15) is 5.69 Å². The largest absolute Gasteiger partial charge is 0.475 e. The Morgan fingerprint density at radius 3 is 2.32 bits per heavy atom. The van der Waals surface area contributed by atoms with E-state index in [-0.39, 0.29) is 30.3 Å². The standard InChI is InChI=1S/C24H21N3O4/c1-15(25-12-13-28)26-21-20-18(16-8-4-2-5-9-16)14-19(17-10-6-3-7-11-17)27-23(20)31-22(21)24(29)30/h2-11,14,28H,12-13H2,1H3,(H,25,26)(H,29,30). The summed E-state index contributed by atoms with van der Waals surface area (Å²) in [6, 6.07) is 21.2. The molecule has 4 rings (SSSR count). The van der Waals surface area contributed by atoms with Gasteiger partial charge in [-0.05, 0) is 24.1 Å². The molecule has 7 nitrogen and oxygen atoms in total. The van der Waals surface area contributed by atoms with E-state index in [1.807, 2.05) is 66.7 Å². The van der Waals surface area contributed by atoms with Crippen molar-refractivity contribution in [1.82, 2.24) is 4.98 Å². The summed E-state index contributed by atoms with van der Waals surface area (Å²) >= 11 is 0. The van der Waals surface area contributed by atoms with E-state index < -0.39 is 5.97 Å². The molecule has 2 heterocycles. The number of hydrogen-bond acceptors (Lipinski definition) is 5. The molecular formula is C24H21N3O4. The molecule has 0 radical (unpaired) electrons. The lowest BCUT2D eigenvalue weighted by Gasteiger charge is -2.10. The number of rotatable bonds is 6. The number of hydrogen-bond donors (Lipinski definition) is 3. The molecule has 0 amide bonds. The first-order valence-corrected chi connectivity index (χ1v) is 9.79. The predicted octanol–water partition coefficient (Wildman–Crippen LogP) is 4.68. The maximum atomic E-state index is 11.9. The molecule has 4 aromatic rings. The number of aromatic nitrogens is 1. The third kappa shape index (κ3) is 4.17. The monoisotopic (exact) mass is 415 g/mol. The maximum absolute atomic E-state index is 11.9. The van der Waals surface area contributed by atoms with Gasteiger partial charge in [-0.3, -0.25) is 4.99 Å². The number of pyridine rings is 1. The molecule has 0 atom stereocenters. The molecule has 0 aliphatic heterocycles. The highest BCUT2D eigenvalue weighted by Crippen LogP contribution is 2.40. The van der Waals surface area contributed by atoms with Crippen LogP contribution in [0.15, 0.2) is 76.1 Å². The fourth-order valence-corrected chi connectivity index (χ4v) is 3.41. The summed E-state index contributed by atoms with van der Waals surface area (Å²) in [5.74, 6) is -0.996. The lowest BCUT2D eigenvalue weighted by atomic mass is 9.99. The van der Waals surface area contributed by atoms with Gasteiger partial charge in [-0.25, -0.2) is 9.78 Å². The van der Waals surface area contributed by atoms with Crippen molar-refractivity contribution in [3.63, 3.8) is 0 Å². The molecule has 2 aromatic heterocycles. The van der Waals surface area contributed by atoms with Gasteiger partial charge in [0.25, 0.3) is 0 Å². The summed E-state index contributed by atoms with van der Waals surface area (Å²) in [4.78, 5) is 20.8. The minimum Gasteiger partial charge on any atom is -0.475 e. The fraction of sp³-hybridized carbons (Fsp3) is 0.125. The number of aromatic carboxylic acids is 1. The maximum Gasteiger partial charge on any atom is 0.374 e. The quantitative estimate of drug-likeness (QED) is 0.312. The Hall–Kier alpha value is -3.97. The average Bonchev–Trinajstić information content (AvgIpc) is 3.17. The van der Waals surface area contributed by atoms with Crippen molar-refractivity contribution < 1.29 is 19.4 Å². The molecule has 31 heavy (non-hydrogen) atoms. The Kier molecular flexibility index (Phi) is 5.77. The zero-order valence-electron chi connectivity index (χ0n) is 16.9. The van der Waals surface area contributed by atoms with Crippen LogP contribution < -0.4 is 5.32 Å². The number of aliphatic hydroxyl groups excluding tert-OH is 1. The van der Waals surface area contributed by atoms with Crippen LogP contribution in [0.5, 0.6) is 0 Å². The van der Waals surface area contributed by atoms with Crippen LogP contribution in [0.1, 0.15) is 17.5 Å². The average molecular weight is 415 g/mol. The molecule has 0 unspecified atom stereocenters. The van der Waals surface area contributed by atoms with Crippen molar-refractivity contribution in [2.75, 3.05) is 18.5 Å². The van der Waals surface area contributed by atoms with Crippen LogP contribution in [0.4, 0.5) is 5.69 Å². The number of amidine groups is 1. The van der Waals surface area contributed by atoms with Crippen molar-refractivity contribution in [3.05, 3.63) is 72.5 Å². The van der Waals surface area contributed by atoms with Gasteiger partial charge in [0.15, 0.2) is 0 Å². The van der Waals surface area contributed by atoms with Crippen LogP contribution in [-0.2, 0) is 0 Å². The van der Waals surface area contributed by atoms with Crippen molar-refractivity contribution in [3.8, 4) is 22.4 Å². The number of anilines is 1. The Morgan fingerprint density at radius 2 is 1.71 bits per heavy atom. The number of aliphatic imine (C=N–C) groups is 1. The smallest absolute Gasteiger partial charge is 0.374 e. The number of carboxylic acid groups (broad SMARTS) is 1. The van der Waals surface area contributed by atoms with Crippen molar-refractivity contribution >= 4 is 28.6 Å². The number of nitrogens with zero attached hydrogens (tertiary/aromatic N) is 2. The normalized spacial score (nSPS) is 11.6. The highest BCUT2D eigenvalue weighted by molar-refractivity contribution is 6.14. The Balaban J connectivity index is 2.00. The third-order valence-corrected chi connectivity index (χ3v) is 4.77. The first-order valence-electron chi connectivity index (χ1n) is 9.79. The first kappa shape index (κ1) is 20.3. The van der Waals surface area contributed by atoms with E-state index in [1.165, 1.54) is 0 Å². The van der Waals surface area contributed by atoms with Crippen molar-refractivity contribution in [2.45, 2.75) is 6.92 Å². The summed E-state index contributed by atoms with van der Waals surface area (Å²) in [5.41, 5.74) is 3.76. The Bertz CT molecular complexity index is 1250. The van der Waals surface area contributed by atoms with E-state index in [4.69, 9.17) is 9.52 Å². The van der Waals surface area contributed by atoms with Gasteiger partial charge in [0.2, 0.25) is 11.5 Å². The summed E-state index contributed by atoms with van der Waals surface area (Å²) in [6.45, 7) is 1.81. The molecule has 156 valence electrons. The van der Waals surface area contributed by atoms with Gasteiger partial charge in [-0.1, -0.05) is 60.7 Å². The van der Waals surface area contributed by atoms with Gasteiger partial charge in [-0.2, -0.15) is 0 Å². The van der Waals surface area contributed by atoms with E-state index in [2.05, 4.69) is 15.3 Å². The van der Waals surface area contributed by atoms with Crippen LogP contribution in [0, 0.1) is 0 Å². The number of aliphatic hydroxyl groups is 1. The van der Waals surface area contributed by atoms with Gasteiger partial charge in [0, 0.05) is 5.56 Å². The second-order valence-corrected chi connectivity index (χ2v) is 6.89.